The van der Waals surface area contributed by atoms with E-state index in [1.807, 2.05) is 0 Å². The number of nitrogens with zero attached hydrogens (tertiary/aromatic N) is 4. The summed E-state index contributed by atoms with van der Waals surface area (Å²) in [5, 5.41) is 0. The van der Waals surface area contributed by atoms with Gasteiger partial charge in [-0.3, -0.25) is 0 Å². The molecule has 18 rings (SSSR count). The number of fused-ring (bicyclic) bond motifs is 20. The van der Waals surface area contributed by atoms with Crippen LogP contribution in [-0.2, 0) is 0 Å². The Bertz CT molecular complexity index is 4580. The number of benzene rings is 11. The Morgan fingerprint density at radius 1 is 0.298 bits per heavy atom. The Balaban J connectivity index is 1.00. The second kappa shape index (κ2) is 17.6. The maximum absolute atomic E-state index is 7.43. The highest BCUT2D eigenvalue weighted by atomic mass is 16.5. The molecule has 0 fully saturated rings. The fourth-order valence-electron chi connectivity index (χ4n) is 16.4. The van der Waals surface area contributed by atoms with E-state index in [9.17, 15) is 0 Å². The second-order valence-electron chi connectivity index (χ2n) is 25.2. The first-order chi connectivity index (χ1) is 41.2. The van der Waals surface area contributed by atoms with Gasteiger partial charge < -0.3 is 24.3 Å². The van der Waals surface area contributed by atoms with Gasteiger partial charge in [0.15, 0.2) is 0 Å². The summed E-state index contributed by atoms with van der Waals surface area (Å²) in [5.74, 6) is 2.86. The van der Waals surface area contributed by atoms with Gasteiger partial charge in [-0.2, -0.15) is 0 Å². The van der Waals surface area contributed by atoms with E-state index in [1.165, 1.54) is 133 Å². The lowest BCUT2D eigenvalue weighted by atomic mass is 9.24. The molecule has 0 radical (unpaired) electrons. The monoisotopic (exact) mass is 1070 g/mol. The fraction of sp³-hybridized carbons (Fsp3) is 0.120. The zero-order valence-corrected chi connectivity index (χ0v) is 48.1. The molecule has 0 unspecified atom stereocenters. The van der Waals surface area contributed by atoms with Crippen LogP contribution in [0.5, 0.6) is 11.5 Å². The quantitative estimate of drug-likeness (QED) is 0.148. The Kier molecular flexibility index (Phi) is 10.1. The fourth-order valence-corrected chi connectivity index (χ4v) is 16.4. The van der Waals surface area contributed by atoms with Crippen LogP contribution < -0.4 is 89.9 Å². The minimum absolute atomic E-state index is 0.00730. The molecular weight excluding hydrogens is 1020 g/mol. The summed E-state index contributed by atoms with van der Waals surface area (Å²) in [6.07, 6.45) is 0. The van der Waals surface area contributed by atoms with Crippen molar-refractivity contribution in [3.63, 3.8) is 0 Å². The van der Waals surface area contributed by atoms with Crippen LogP contribution in [-0.4, -0.2) is 26.9 Å². The number of hydrogen-bond acceptors (Lipinski definition) is 5. The molecule has 0 aromatic heterocycles. The standard InChI is InChI=1S/C75H58B4N4O/c1-44(2)47-39-51(45(3)4)69(52(40-47)46(5)6)79-58-31-17-22-36-67(58)84-68-43-66-59(42-60(68)79)78-57-38-37-50(80(48-23-9-7-10-24-48)49-25-11-8-12-26-49)41-65(57)82-63-34-20-15-29-55(63)76-53-27-13-18-32-61(53)81-62-33-19-14-28-54(62)77-56-30-16-21-35-64(56)83(66)75-71(77)73(81)70(76)74(82)72(75)78/h7-46H,1-6H3. The number of anilines is 12. The van der Waals surface area contributed by atoms with Gasteiger partial charge in [0.1, 0.15) is 11.5 Å². The Hall–Kier alpha value is -9.32. The van der Waals surface area contributed by atoms with E-state index in [0.717, 1.165) is 28.6 Å². The van der Waals surface area contributed by atoms with Gasteiger partial charge >= 0.3 is 0 Å². The summed E-state index contributed by atoms with van der Waals surface area (Å²) in [6, 6.07) is 85.5. The molecule has 7 aliphatic rings. The molecule has 0 aliphatic carbocycles. The highest BCUT2D eigenvalue weighted by molar-refractivity contribution is 7.09. The minimum atomic E-state index is -0.148. The van der Waals surface area contributed by atoms with Crippen LogP contribution in [0.3, 0.4) is 0 Å². The molecule has 5 nitrogen and oxygen atoms in total. The first-order valence-electron chi connectivity index (χ1n) is 30.4. The molecule has 0 N–H and O–H groups in total. The Morgan fingerprint density at radius 2 is 0.690 bits per heavy atom. The molecule has 7 heterocycles. The van der Waals surface area contributed by atoms with Gasteiger partial charge in [0.05, 0.1) is 0 Å². The van der Waals surface area contributed by atoms with Gasteiger partial charge in [-0.1, -0.05) is 199 Å². The van der Waals surface area contributed by atoms with Crippen LogP contribution in [0.15, 0.2) is 224 Å². The molecule has 7 aliphatic heterocycles. The molecule has 0 saturated heterocycles. The van der Waals surface area contributed by atoms with E-state index >= 15 is 0 Å². The van der Waals surface area contributed by atoms with Crippen LogP contribution >= 0.6 is 0 Å². The van der Waals surface area contributed by atoms with Crippen molar-refractivity contribution in [2.45, 2.75) is 59.3 Å². The molecule has 0 spiro atoms. The van der Waals surface area contributed by atoms with Gasteiger partial charge in [0, 0.05) is 74.3 Å². The largest absolute Gasteiger partial charge is 0.458 e. The van der Waals surface area contributed by atoms with E-state index in [1.54, 1.807) is 0 Å². The maximum atomic E-state index is 7.43. The third-order valence-electron chi connectivity index (χ3n) is 19.8. The Labute approximate surface area is 494 Å². The minimum Gasteiger partial charge on any atom is -0.458 e. The average molecular weight is 1070 g/mol. The van der Waals surface area contributed by atoms with Crippen LogP contribution in [0, 0.1) is 0 Å². The van der Waals surface area contributed by atoms with E-state index in [-0.39, 0.29) is 26.9 Å². The summed E-state index contributed by atoms with van der Waals surface area (Å²) < 4.78 is 7.43. The third-order valence-corrected chi connectivity index (χ3v) is 19.8. The highest BCUT2D eigenvalue weighted by Gasteiger charge is 2.58. The summed E-state index contributed by atoms with van der Waals surface area (Å²) in [4.78, 5) is 10.5. The smallest absolute Gasteiger partial charge is 0.252 e. The molecule has 9 heteroatoms. The summed E-state index contributed by atoms with van der Waals surface area (Å²) in [6.45, 7) is 14.0. The first kappa shape index (κ1) is 48.2. The molecule has 0 bridgehead atoms. The Morgan fingerprint density at radius 3 is 1.17 bits per heavy atom. The predicted octanol–water partition coefficient (Wildman–Crippen LogP) is 11.0. The van der Waals surface area contributed by atoms with Crippen LogP contribution in [0.4, 0.5) is 68.2 Å². The summed E-state index contributed by atoms with van der Waals surface area (Å²) in [5.41, 5.74) is 34.8. The van der Waals surface area contributed by atoms with Crippen molar-refractivity contribution >= 4 is 161 Å². The summed E-state index contributed by atoms with van der Waals surface area (Å²) in [7, 11) is 0. The second-order valence-corrected chi connectivity index (χ2v) is 25.2. The number of hydrogen-bond donors (Lipinski definition) is 0. The lowest BCUT2D eigenvalue weighted by Gasteiger charge is -2.55. The van der Waals surface area contributed by atoms with Gasteiger partial charge in [-0.15, -0.1) is 0 Å². The molecule has 11 aromatic rings. The third kappa shape index (κ3) is 6.34. The molecule has 11 aromatic carbocycles. The molecular formula is C75H58B4N4O. The van der Waals surface area contributed by atoms with E-state index in [0.29, 0.717) is 17.8 Å². The number of para-hydroxylation sites is 7. The zero-order chi connectivity index (χ0) is 56.0. The molecule has 0 saturated carbocycles. The zero-order valence-electron chi connectivity index (χ0n) is 48.1. The van der Waals surface area contributed by atoms with Crippen molar-refractivity contribution in [3.05, 3.63) is 241 Å². The van der Waals surface area contributed by atoms with Crippen molar-refractivity contribution in [1.82, 2.24) is 0 Å². The topological polar surface area (TPSA) is 22.2 Å². The van der Waals surface area contributed by atoms with Crippen LogP contribution in [0.2, 0.25) is 0 Å². The lowest BCUT2D eigenvalue weighted by molar-refractivity contribution is 0.487. The SMILES string of the molecule is CC(C)c1cc(C(C)C)c(B2c3ccccc3Oc3cc4c(cc32)B2c3ccc(N(c5ccccc5)c5ccccc5)cc3N3c5ccccc5B5c6ccccc6N6c7ccccc7B7c8ccccc8N4c4c7c6c5c3c42)c(C(C)C)c1. The normalized spacial score (nSPS) is 14.3. The van der Waals surface area contributed by atoms with Crippen LogP contribution in [0.25, 0.3) is 0 Å². The van der Waals surface area contributed by atoms with Crippen LogP contribution in [0.1, 0.15) is 76.0 Å². The van der Waals surface area contributed by atoms with Crippen molar-refractivity contribution in [2.24, 2.45) is 0 Å². The van der Waals surface area contributed by atoms with Gasteiger partial charge in [0.25, 0.3) is 26.9 Å². The van der Waals surface area contributed by atoms with E-state index in [2.05, 4.69) is 286 Å². The van der Waals surface area contributed by atoms with Crippen molar-refractivity contribution < 1.29 is 4.74 Å². The molecule has 84 heavy (non-hydrogen) atoms. The van der Waals surface area contributed by atoms with Crippen molar-refractivity contribution in [3.8, 4) is 11.5 Å². The maximum Gasteiger partial charge on any atom is 0.252 e. The van der Waals surface area contributed by atoms with E-state index in [4.69, 9.17) is 4.74 Å². The number of ether oxygens (including phenoxy) is 1. The van der Waals surface area contributed by atoms with Gasteiger partial charge in [-0.25, -0.2) is 0 Å². The molecule has 0 atom stereocenters. The van der Waals surface area contributed by atoms with E-state index < -0.39 is 0 Å². The predicted molar refractivity (Wildman–Crippen MR) is 359 cm³/mol. The van der Waals surface area contributed by atoms with Crippen molar-refractivity contribution in [2.75, 3.05) is 19.6 Å². The van der Waals surface area contributed by atoms with Gasteiger partial charge in [0.2, 0.25) is 0 Å². The lowest BCUT2D eigenvalue weighted by Crippen LogP contribution is -2.75. The summed E-state index contributed by atoms with van der Waals surface area (Å²) >= 11 is 0. The molecule has 396 valence electrons. The average Bonchev–Trinajstić information content (AvgIpc) is 0.830. The number of rotatable bonds is 7. The van der Waals surface area contributed by atoms with Crippen molar-refractivity contribution in [1.29, 1.82) is 0 Å². The first-order valence-corrected chi connectivity index (χ1v) is 30.4. The highest BCUT2D eigenvalue weighted by Crippen LogP contribution is 2.52. The van der Waals surface area contributed by atoms with Gasteiger partial charge in [-0.05, 0) is 161 Å². The molecule has 0 amide bonds.